The summed E-state index contributed by atoms with van der Waals surface area (Å²) in [6, 6.07) is 4.64. The van der Waals surface area contributed by atoms with Crippen molar-refractivity contribution in [3.63, 3.8) is 0 Å². The Morgan fingerprint density at radius 2 is 2.18 bits per heavy atom. The SMILES string of the molecule is Cc1cc(=O)oc2cc(OCC(=O)N3CC[C@]4(O)CCCC[C@H]4C3)c(Cl)cc12. The van der Waals surface area contributed by atoms with Crippen LogP contribution in [-0.2, 0) is 4.79 Å². The number of hydrogen-bond donors (Lipinski definition) is 1. The molecule has 4 rings (SSSR count). The fraction of sp³-hybridized carbons (Fsp3) is 0.524. The summed E-state index contributed by atoms with van der Waals surface area (Å²) in [4.78, 5) is 26.0. The third-order valence-corrected chi connectivity index (χ3v) is 6.43. The van der Waals surface area contributed by atoms with Gasteiger partial charge in [0, 0.05) is 36.5 Å². The van der Waals surface area contributed by atoms with E-state index in [1.165, 1.54) is 6.07 Å². The second kappa shape index (κ2) is 7.41. The van der Waals surface area contributed by atoms with E-state index in [9.17, 15) is 14.7 Å². The van der Waals surface area contributed by atoms with Crippen LogP contribution in [0.2, 0.25) is 5.02 Å². The average molecular weight is 406 g/mol. The van der Waals surface area contributed by atoms with Gasteiger partial charge in [-0.05, 0) is 37.8 Å². The van der Waals surface area contributed by atoms with E-state index in [2.05, 4.69) is 0 Å². The predicted molar refractivity (Wildman–Crippen MR) is 106 cm³/mol. The van der Waals surface area contributed by atoms with Gasteiger partial charge in [-0.2, -0.15) is 0 Å². The summed E-state index contributed by atoms with van der Waals surface area (Å²) in [5.74, 6) is 0.317. The second-order valence-corrected chi connectivity index (χ2v) is 8.36. The molecule has 2 heterocycles. The molecule has 6 nitrogen and oxygen atoms in total. The molecule has 0 radical (unpaired) electrons. The summed E-state index contributed by atoms with van der Waals surface area (Å²) in [6.45, 7) is 2.77. The standard InChI is InChI=1S/C21H24ClNO5/c1-13-8-20(25)28-17-10-18(16(22)9-15(13)17)27-12-19(24)23-7-6-21(26)5-3-2-4-14(21)11-23/h8-10,14,26H,2-7,11-12H2,1H3/t14-,21+/m0/s1. The van der Waals surface area contributed by atoms with Crippen molar-refractivity contribution < 1.29 is 19.1 Å². The minimum Gasteiger partial charge on any atom is -0.482 e. The number of likely N-dealkylation sites (tertiary alicyclic amines) is 1. The molecule has 2 fully saturated rings. The fourth-order valence-electron chi connectivity index (χ4n) is 4.46. The van der Waals surface area contributed by atoms with Gasteiger partial charge in [0.25, 0.3) is 5.91 Å². The van der Waals surface area contributed by atoms with E-state index in [1.807, 2.05) is 6.92 Å². The topological polar surface area (TPSA) is 80.0 Å². The molecule has 1 saturated heterocycles. The summed E-state index contributed by atoms with van der Waals surface area (Å²) >= 11 is 6.29. The molecule has 0 bridgehead atoms. The van der Waals surface area contributed by atoms with Gasteiger partial charge in [0.2, 0.25) is 0 Å². The van der Waals surface area contributed by atoms with E-state index in [1.54, 1.807) is 17.0 Å². The number of carbonyl (C=O) groups excluding carboxylic acids is 1. The minimum absolute atomic E-state index is 0.130. The van der Waals surface area contributed by atoms with Gasteiger partial charge >= 0.3 is 5.63 Å². The van der Waals surface area contributed by atoms with Crippen molar-refractivity contribution in [1.82, 2.24) is 4.90 Å². The summed E-state index contributed by atoms with van der Waals surface area (Å²) in [5, 5.41) is 11.8. The van der Waals surface area contributed by atoms with Crippen LogP contribution in [0.1, 0.15) is 37.7 Å². The summed E-state index contributed by atoms with van der Waals surface area (Å²) in [7, 11) is 0. The van der Waals surface area contributed by atoms with E-state index < -0.39 is 11.2 Å². The van der Waals surface area contributed by atoms with Crippen molar-refractivity contribution in [2.24, 2.45) is 5.92 Å². The van der Waals surface area contributed by atoms with Gasteiger partial charge in [0.1, 0.15) is 11.3 Å². The molecule has 7 heteroatoms. The van der Waals surface area contributed by atoms with Crippen LogP contribution in [0, 0.1) is 12.8 Å². The Balaban J connectivity index is 1.45. The van der Waals surface area contributed by atoms with E-state index >= 15 is 0 Å². The fourth-order valence-corrected chi connectivity index (χ4v) is 4.68. The van der Waals surface area contributed by atoms with Crippen molar-refractivity contribution in [2.75, 3.05) is 19.7 Å². The molecule has 2 aromatic rings. The lowest BCUT2D eigenvalue weighted by Gasteiger charge is -2.47. The van der Waals surface area contributed by atoms with Crippen LogP contribution in [0.3, 0.4) is 0 Å². The predicted octanol–water partition coefficient (Wildman–Crippen LogP) is 3.29. The summed E-state index contributed by atoms with van der Waals surface area (Å²) < 4.78 is 10.9. The first-order valence-corrected chi connectivity index (χ1v) is 10.1. The highest BCUT2D eigenvalue weighted by Gasteiger charge is 2.43. The molecular weight excluding hydrogens is 382 g/mol. The van der Waals surface area contributed by atoms with Crippen LogP contribution in [0.25, 0.3) is 11.0 Å². The van der Waals surface area contributed by atoms with Gasteiger partial charge in [-0.15, -0.1) is 0 Å². The molecule has 2 atom stereocenters. The van der Waals surface area contributed by atoms with E-state index in [0.29, 0.717) is 35.9 Å². The van der Waals surface area contributed by atoms with Gasteiger partial charge < -0.3 is 19.2 Å². The van der Waals surface area contributed by atoms with E-state index in [4.69, 9.17) is 20.8 Å². The number of aryl methyl sites for hydroxylation is 1. The molecule has 150 valence electrons. The van der Waals surface area contributed by atoms with Crippen LogP contribution in [-0.4, -0.2) is 41.2 Å². The van der Waals surface area contributed by atoms with Crippen LogP contribution < -0.4 is 10.4 Å². The molecule has 1 amide bonds. The van der Waals surface area contributed by atoms with Crippen molar-refractivity contribution in [3.05, 3.63) is 39.2 Å². The summed E-state index contributed by atoms with van der Waals surface area (Å²) in [5.41, 5.74) is 0.0845. The molecule has 28 heavy (non-hydrogen) atoms. The highest BCUT2D eigenvalue weighted by molar-refractivity contribution is 6.32. The molecular formula is C21H24ClNO5. The highest BCUT2D eigenvalue weighted by atomic mass is 35.5. The Morgan fingerprint density at radius 3 is 3.00 bits per heavy atom. The third kappa shape index (κ3) is 3.63. The monoisotopic (exact) mass is 405 g/mol. The normalized spacial score (nSPS) is 24.8. The van der Waals surface area contributed by atoms with Crippen molar-refractivity contribution in [1.29, 1.82) is 0 Å². The lowest BCUT2D eigenvalue weighted by Crippen LogP contribution is -2.55. The van der Waals surface area contributed by atoms with Crippen LogP contribution in [0.15, 0.2) is 27.4 Å². The first-order chi connectivity index (χ1) is 13.4. The van der Waals surface area contributed by atoms with Crippen LogP contribution >= 0.6 is 11.6 Å². The molecule has 1 N–H and O–H groups in total. The van der Waals surface area contributed by atoms with E-state index in [-0.39, 0.29) is 18.4 Å². The molecule has 0 spiro atoms. The second-order valence-electron chi connectivity index (χ2n) is 7.95. The van der Waals surface area contributed by atoms with Gasteiger partial charge in [-0.1, -0.05) is 24.4 Å². The maximum absolute atomic E-state index is 12.6. The maximum atomic E-state index is 12.6. The lowest BCUT2D eigenvalue weighted by atomic mass is 9.71. The molecule has 1 aromatic carbocycles. The first-order valence-electron chi connectivity index (χ1n) is 9.73. The number of fused-ring (bicyclic) bond motifs is 2. The Bertz CT molecular complexity index is 971. The molecule has 2 aliphatic rings. The number of aliphatic hydroxyl groups is 1. The highest BCUT2D eigenvalue weighted by Crippen LogP contribution is 2.39. The minimum atomic E-state index is -0.618. The number of ether oxygens (including phenoxy) is 1. The van der Waals surface area contributed by atoms with Crippen LogP contribution in [0.5, 0.6) is 5.75 Å². The number of benzene rings is 1. The lowest BCUT2D eigenvalue weighted by molar-refractivity contribution is -0.145. The van der Waals surface area contributed by atoms with E-state index in [0.717, 1.165) is 36.6 Å². The number of halogens is 1. The Hall–Kier alpha value is -2.05. The zero-order valence-corrected chi connectivity index (χ0v) is 16.6. The quantitative estimate of drug-likeness (QED) is 0.792. The maximum Gasteiger partial charge on any atom is 0.336 e. The van der Waals surface area contributed by atoms with Crippen LogP contribution in [0.4, 0.5) is 0 Å². The van der Waals surface area contributed by atoms with Crippen molar-refractivity contribution >= 4 is 28.5 Å². The number of carbonyl (C=O) groups is 1. The van der Waals surface area contributed by atoms with Gasteiger partial charge in [-0.3, -0.25) is 4.79 Å². The molecule has 0 unspecified atom stereocenters. The number of piperidine rings is 1. The van der Waals surface area contributed by atoms with Crippen molar-refractivity contribution in [3.8, 4) is 5.75 Å². The number of hydrogen-bond acceptors (Lipinski definition) is 5. The molecule has 1 aromatic heterocycles. The smallest absolute Gasteiger partial charge is 0.336 e. The van der Waals surface area contributed by atoms with Gasteiger partial charge in [0.05, 0.1) is 10.6 Å². The van der Waals surface area contributed by atoms with Gasteiger partial charge in [-0.25, -0.2) is 4.79 Å². The number of nitrogens with zero attached hydrogens (tertiary/aromatic N) is 1. The van der Waals surface area contributed by atoms with Gasteiger partial charge in [0.15, 0.2) is 6.61 Å². The Morgan fingerprint density at radius 1 is 1.36 bits per heavy atom. The summed E-state index contributed by atoms with van der Waals surface area (Å²) in [6.07, 6.45) is 4.55. The molecule has 1 aliphatic heterocycles. The zero-order valence-electron chi connectivity index (χ0n) is 15.9. The average Bonchev–Trinajstić information content (AvgIpc) is 2.66. The Kier molecular flexibility index (Phi) is 5.10. The molecule has 1 aliphatic carbocycles. The zero-order chi connectivity index (χ0) is 19.9. The third-order valence-electron chi connectivity index (χ3n) is 6.14. The van der Waals surface area contributed by atoms with Crippen molar-refractivity contribution in [2.45, 2.75) is 44.6 Å². The number of amides is 1. The number of rotatable bonds is 3. The Labute approximate surface area is 168 Å². The first kappa shape index (κ1) is 19.3. The largest absolute Gasteiger partial charge is 0.482 e. The molecule has 1 saturated carbocycles.